The summed E-state index contributed by atoms with van der Waals surface area (Å²) in [7, 11) is 2.06. The minimum atomic E-state index is 0.125. The minimum Gasteiger partial charge on any atom is -0.373 e. The first-order valence-electron chi connectivity index (χ1n) is 8.07. The number of pyridine rings is 1. The Bertz CT molecular complexity index is 467. The lowest BCUT2D eigenvalue weighted by Crippen LogP contribution is -2.38. The Hall–Kier alpha value is -1.58. The van der Waals surface area contributed by atoms with Gasteiger partial charge >= 0.3 is 0 Å². The minimum absolute atomic E-state index is 0.125. The van der Waals surface area contributed by atoms with Crippen LogP contribution in [0, 0.1) is 5.92 Å². The Balaban J connectivity index is 2.04. The van der Waals surface area contributed by atoms with Crippen molar-refractivity contribution in [2.75, 3.05) is 31.6 Å². The summed E-state index contributed by atoms with van der Waals surface area (Å²) in [5, 5.41) is 0. The fourth-order valence-electron chi connectivity index (χ4n) is 2.67. The van der Waals surface area contributed by atoms with Gasteiger partial charge in [-0.15, -0.1) is 0 Å². The van der Waals surface area contributed by atoms with Crippen LogP contribution in [0.15, 0.2) is 18.5 Å². The fourth-order valence-corrected chi connectivity index (χ4v) is 2.67. The van der Waals surface area contributed by atoms with Gasteiger partial charge in [0.25, 0.3) is 5.91 Å². The number of amides is 1. The molecule has 1 fully saturated rings. The molecule has 0 bridgehead atoms. The highest BCUT2D eigenvalue weighted by molar-refractivity contribution is 5.94. The summed E-state index contributed by atoms with van der Waals surface area (Å²) in [5.74, 6) is 0.860. The standard InChI is InChI=1S/C17H27N3O/c1-4-5-8-19(3)16-11-15(12-18-13-16)17(21)20-9-6-14(2)7-10-20/h11-14H,4-10H2,1-3H3. The highest BCUT2D eigenvalue weighted by atomic mass is 16.2. The number of aromatic nitrogens is 1. The monoisotopic (exact) mass is 289 g/mol. The molecule has 0 aliphatic carbocycles. The fraction of sp³-hybridized carbons (Fsp3) is 0.647. The predicted octanol–water partition coefficient (Wildman–Crippen LogP) is 3.19. The number of rotatable bonds is 5. The molecule has 1 aromatic rings. The van der Waals surface area contributed by atoms with Crippen LogP contribution in [-0.2, 0) is 0 Å². The highest BCUT2D eigenvalue weighted by Crippen LogP contribution is 2.20. The van der Waals surface area contributed by atoms with E-state index in [0.29, 0.717) is 5.56 Å². The number of anilines is 1. The second-order valence-electron chi connectivity index (χ2n) is 6.18. The molecule has 116 valence electrons. The van der Waals surface area contributed by atoms with Gasteiger partial charge in [0.2, 0.25) is 0 Å². The van der Waals surface area contributed by atoms with Crippen molar-refractivity contribution in [3.8, 4) is 0 Å². The van der Waals surface area contributed by atoms with E-state index in [2.05, 4.69) is 30.8 Å². The summed E-state index contributed by atoms with van der Waals surface area (Å²) < 4.78 is 0. The Kier molecular flexibility index (Phi) is 5.59. The lowest BCUT2D eigenvalue weighted by Gasteiger charge is -2.30. The van der Waals surface area contributed by atoms with Crippen molar-refractivity contribution in [3.05, 3.63) is 24.0 Å². The molecule has 1 amide bonds. The first-order chi connectivity index (χ1) is 10.1. The van der Waals surface area contributed by atoms with Gasteiger partial charge in [0.1, 0.15) is 0 Å². The van der Waals surface area contributed by atoms with Crippen LogP contribution in [0.2, 0.25) is 0 Å². The lowest BCUT2D eigenvalue weighted by molar-refractivity contribution is 0.0697. The van der Waals surface area contributed by atoms with Crippen molar-refractivity contribution in [2.45, 2.75) is 39.5 Å². The average molecular weight is 289 g/mol. The van der Waals surface area contributed by atoms with Crippen molar-refractivity contribution < 1.29 is 4.79 Å². The van der Waals surface area contributed by atoms with Crippen LogP contribution in [0.1, 0.15) is 49.9 Å². The van der Waals surface area contributed by atoms with Crippen LogP contribution in [0.3, 0.4) is 0 Å². The first kappa shape index (κ1) is 15.8. The average Bonchev–Trinajstić information content (AvgIpc) is 2.52. The van der Waals surface area contributed by atoms with Gasteiger partial charge in [-0.25, -0.2) is 0 Å². The number of carbonyl (C=O) groups is 1. The molecule has 21 heavy (non-hydrogen) atoms. The number of piperidine rings is 1. The van der Waals surface area contributed by atoms with E-state index in [9.17, 15) is 4.79 Å². The molecule has 0 spiro atoms. The van der Waals surface area contributed by atoms with E-state index < -0.39 is 0 Å². The summed E-state index contributed by atoms with van der Waals surface area (Å²) in [6.07, 6.45) is 8.06. The third-order valence-corrected chi connectivity index (χ3v) is 4.33. The molecule has 1 saturated heterocycles. The molecule has 4 heteroatoms. The van der Waals surface area contributed by atoms with E-state index in [4.69, 9.17) is 0 Å². The van der Waals surface area contributed by atoms with Crippen LogP contribution in [0.5, 0.6) is 0 Å². The molecule has 0 unspecified atom stereocenters. The normalized spacial score (nSPS) is 16.0. The molecular weight excluding hydrogens is 262 g/mol. The first-order valence-corrected chi connectivity index (χ1v) is 8.07. The maximum absolute atomic E-state index is 12.6. The molecule has 1 aromatic heterocycles. The van der Waals surface area contributed by atoms with Gasteiger partial charge in [-0.3, -0.25) is 9.78 Å². The molecule has 0 aromatic carbocycles. The SMILES string of the molecule is CCCCN(C)c1cncc(C(=O)N2CCC(C)CC2)c1. The molecule has 0 atom stereocenters. The van der Waals surface area contributed by atoms with Gasteiger partial charge in [-0.2, -0.15) is 0 Å². The van der Waals surface area contributed by atoms with Gasteiger partial charge in [0.15, 0.2) is 0 Å². The lowest BCUT2D eigenvalue weighted by atomic mass is 9.99. The zero-order valence-electron chi connectivity index (χ0n) is 13.5. The summed E-state index contributed by atoms with van der Waals surface area (Å²) in [6.45, 7) is 7.18. The number of unbranched alkanes of at least 4 members (excludes halogenated alkanes) is 1. The third kappa shape index (κ3) is 4.19. The molecule has 4 nitrogen and oxygen atoms in total. The second-order valence-corrected chi connectivity index (χ2v) is 6.18. The van der Waals surface area contributed by atoms with E-state index in [-0.39, 0.29) is 5.91 Å². The Morgan fingerprint density at radius 3 is 2.76 bits per heavy atom. The number of likely N-dealkylation sites (tertiary alicyclic amines) is 1. The molecule has 1 aliphatic heterocycles. The quantitative estimate of drug-likeness (QED) is 0.835. The Morgan fingerprint density at radius 2 is 2.10 bits per heavy atom. The zero-order valence-corrected chi connectivity index (χ0v) is 13.5. The summed E-state index contributed by atoms with van der Waals surface area (Å²) >= 11 is 0. The van der Waals surface area contributed by atoms with E-state index >= 15 is 0 Å². The maximum Gasteiger partial charge on any atom is 0.255 e. The van der Waals surface area contributed by atoms with Crippen LogP contribution >= 0.6 is 0 Å². The van der Waals surface area contributed by atoms with Crippen LogP contribution in [-0.4, -0.2) is 42.5 Å². The zero-order chi connectivity index (χ0) is 15.2. The summed E-state index contributed by atoms with van der Waals surface area (Å²) in [4.78, 5) is 21.0. The molecule has 2 rings (SSSR count). The molecule has 2 heterocycles. The van der Waals surface area contributed by atoms with Crippen molar-refractivity contribution in [3.63, 3.8) is 0 Å². The molecule has 0 N–H and O–H groups in total. The van der Waals surface area contributed by atoms with Crippen molar-refractivity contribution in [2.24, 2.45) is 5.92 Å². The summed E-state index contributed by atoms with van der Waals surface area (Å²) in [5.41, 5.74) is 1.74. The number of hydrogen-bond acceptors (Lipinski definition) is 3. The molecule has 0 saturated carbocycles. The number of carbonyl (C=O) groups excluding carboxylic acids is 1. The molecule has 0 radical (unpaired) electrons. The van der Waals surface area contributed by atoms with Crippen molar-refractivity contribution in [1.29, 1.82) is 0 Å². The van der Waals surface area contributed by atoms with Crippen molar-refractivity contribution >= 4 is 11.6 Å². The molecular formula is C17H27N3O. The van der Waals surface area contributed by atoms with E-state index in [1.165, 1.54) is 6.42 Å². The Labute approximate surface area is 128 Å². The molecule has 1 aliphatic rings. The maximum atomic E-state index is 12.6. The number of hydrogen-bond donors (Lipinski definition) is 0. The van der Waals surface area contributed by atoms with Gasteiger partial charge < -0.3 is 9.80 Å². The van der Waals surface area contributed by atoms with E-state index in [1.54, 1.807) is 6.20 Å². The van der Waals surface area contributed by atoms with Gasteiger partial charge in [-0.05, 0) is 31.2 Å². The topological polar surface area (TPSA) is 36.4 Å². The second kappa shape index (κ2) is 7.43. The van der Waals surface area contributed by atoms with Gasteiger partial charge in [-0.1, -0.05) is 20.3 Å². The summed E-state index contributed by atoms with van der Waals surface area (Å²) in [6, 6.07) is 1.98. The highest BCUT2D eigenvalue weighted by Gasteiger charge is 2.22. The van der Waals surface area contributed by atoms with E-state index in [1.807, 2.05) is 17.2 Å². The predicted molar refractivity (Wildman–Crippen MR) is 86.7 cm³/mol. The Morgan fingerprint density at radius 1 is 1.38 bits per heavy atom. The third-order valence-electron chi connectivity index (χ3n) is 4.33. The number of nitrogens with zero attached hydrogens (tertiary/aromatic N) is 3. The largest absolute Gasteiger partial charge is 0.373 e. The van der Waals surface area contributed by atoms with E-state index in [0.717, 1.165) is 50.5 Å². The smallest absolute Gasteiger partial charge is 0.255 e. The van der Waals surface area contributed by atoms with Crippen LogP contribution < -0.4 is 4.90 Å². The van der Waals surface area contributed by atoms with Crippen LogP contribution in [0.4, 0.5) is 5.69 Å². The van der Waals surface area contributed by atoms with Gasteiger partial charge in [0.05, 0.1) is 17.4 Å². The van der Waals surface area contributed by atoms with Crippen molar-refractivity contribution in [1.82, 2.24) is 9.88 Å². The van der Waals surface area contributed by atoms with Crippen LogP contribution in [0.25, 0.3) is 0 Å². The van der Waals surface area contributed by atoms with Gasteiger partial charge in [0, 0.05) is 32.9 Å².